The lowest BCUT2D eigenvalue weighted by atomic mass is 10.2. The Kier molecular flexibility index (Phi) is 5.13. The standard InChI is InChI=1S/C18H17ClN4O/c19-14-6-8-15(9-7-14)22-18(24)21-12-11-20-17-10-5-13-3-1-2-4-16(13)23-17/h1-10H,11-12H2,(H,20,23)(H2,21,22,24). The van der Waals surface area contributed by atoms with E-state index in [1.807, 2.05) is 36.4 Å². The summed E-state index contributed by atoms with van der Waals surface area (Å²) in [5, 5.41) is 10.4. The molecule has 6 heteroatoms. The fourth-order valence-electron chi connectivity index (χ4n) is 2.24. The van der Waals surface area contributed by atoms with Gasteiger partial charge in [-0.2, -0.15) is 0 Å². The molecule has 2 amide bonds. The minimum absolute atomic E-state index is 0.259. The number of hydrogen-bond acceptors (Lipinski definition) is 3. The second kappa shape index (κ2) is 7.66. The SMILES string of the molecule is O=C(NCCNc1ccc2ccccc2n1)Nc1ccc(Cl)cc1. The quantitative estimate of drug-likeness (QED) is 0.612. The van der Waals surface area contributed by atoms with Crippen molar-refractivity contribution in [2.45, 2.75) is 0 Å². The molecule has 122 valence electrons. The molecule has 0 aliphatic rings. The van der Waals surface area contributed by atoms with E-state index < -0.39 is 0 Å². The zero-order valence-corrected chi connectivity index (χ0v) is 13.7. The number of pyridine rings is 1. The molecule has 0 aliphatic carbocycles. The van der Waals surface area contributed by atoms with Gasteiger partial charge in [0.2, 0.25) is 0 Å². The summed E-state index contributed by atoms with van der Waals surface area (Å²) in [7, 11) is 0. The van der Waals surface area contributed by atoms with Crippen LogP contribution in [0.5, 0.6) is 0 Å². The third-order valence-corrected chi connectivity index (χ3v) is 3.67. The van der Waals surface area contributed by atoms with Gasteiger partial charge in [0.25, 0.3) is 0 Å². The van der Waals surface area contributed by atoms with Crippen molar-refractivity contribution >= 4 is 40.0 Å². The lowest BCUT2D eigenvalue weighted by Crippen LogP contribution is -2.32. The van der Waals surface area contributed by atoms with Gasteiger partial charge < -0.3 is 16.0 Å². The van der Waals surface area contributed by atoms with E-state index in [4.69, 9.17) is 11.6 Å². The van der Waals surface area contributed by atoms with Gasteiger partial charge in [-0.05, 0) is 42.5 Å². The maximum absolute atomic E-state index is 11.8. The summed E-state index contributed by atoms with van der Waals surface area (Å²) in [5.74, 6) is 0.786. The van der Waals surface area contributed by atoms with Crippen LogP contribution in [0.1, 0.15) is 0 Å². The van der Waals surface area contributed by atoms with Crippen LogP contribution in [-0.4, -0.2) is 24.1 Å². The van der Waals surface area contributed by atoms with Crippen molar-refractivity contribution in [3.05, 3.63) is 65.7 Å². The average Bonchev–Trinajstić information content (AvgIpc) is 2.60. The van der Waals surface area contributed by atoms with Crippen LogP contribution in [0.3, 0.4) is 0 Å². The van der Waals surface area contributed by atoms with Crippen molar-refractivity contribution in [1.29, 1.82) is 0 Å². The van der Waals surface area contributed by atoms with Gasteiger partial charge in [0.1, 0.15) is 5.82 Å². The Morgan fingerprint density at radius 3 is 2.58 bits per heavy atom. The summed E-state index contributed by atoms with van der Waals surface area (Å²) in [6.07, 6.45) is 0. The highest BCUT2D eigenvalue weighted by Gasteiger charge is 2.01. The smallest absolute Gasteiger partial charge is 0.319 e. The molecule has 1 aromatic heterocycles. The lowest BCUT2D eigenvalue weighted by molar-refractivity contribution is 0.252. The molecule has 3 rings (SSSR count). The summed E-state index contributed by atoms with van der Waals surface area (Å²) in [4.78, 5) is 16.3. The summed E-state index contributed by atoms with van der Waals surface area (Å²) < 4.78 is 0. The number of aromatic nitrogens is 1. The highest BCUT2D eigenvalue weighted by Crippen LogP contribution is 2.14. The van der Waals surface area contributed by atoms with E-state index in [9.17, 15) is 4.79 Å². The molecular formula is C18H17ClN4O. The molecule has 5 nitrogen and oxygen atoms in total. The summed E-state index contributed by atoms with van der Waals surface area (Å²) in [6.45, 7) is 1.06. The largest absolute Gasteiger partial charge is 0.368 e. The molecule has 0 spiro atoms. The number of para-hydroxylation sites is 1. The number of benzene rings is 2. The highest BCUT2D eigenvalue weighted by molar-refractivity contribution is 6.30. The minimum Gasteiger partial charge on any atom is -0.368 e. The molecule has 0 saturated carbocycles. The number of carbonyl (C=O) groups excluding carboxylic acids is 1. The Bertz CT molecular complexity index is 836. The Hall–Kier alpha value is -2.79. The number of nitrogens with zero attached hydrogens (tertiary/aromatic N) is 1. The van der Waals surface area contributed by atoms with E-state index in [-0.39, 0.29) is 6.03 Å². The number of carbonyl (C=O) groups is 1. The molecule has 0 fully saturated rings. The van der Waals surface area contributed by atoms with Gasteiger partial charge in [-0.15, -0.1) is 0 Å². The molecule has 0 atom stereocenters. The minimum atomic E-state index is -0.259. The molecule has 0 saturated heterocycles. The van der Waals surface area contributed by atoms with Crippen LogP contribution in [-0.2, 0) is 0 Å². The maximum atomic E-state index is 11.8. The van der Waals surface area contributed by atoms with Gasteiger partial charge in [0, 0.05) is 29.2 Å². The maximum Gasteiger partial charge on any atom is 0.319 e. The second-order valence-electron chi connectivity index (χ2n) is 5.20. The summed E-state index contributed by atoms with van der Waals surface area (Å²) >= 11 is 5.80. The van der Waals surface area contributed by atoms with Crippen LogP contribution in [0, 0.1) is 0 Å². The number of urea groups is 1. The Labute approximate surface area is 145 Å². The monoisotopic (exact) mass is 340 g/mol. The number of fused-ring (bicyclic) bond motifs is 1. The molecule has 1 heterocycles. The predicted molar refractivity (Wildman–Crippen MR) is 98.7 cm³/mol. The van der Waals surface area contributed by atoms with Gasteiger partial charge in [-0.3, -0.25) is 0 Å². The van der Waals surface area contributed by atoms with Gasteiger partial charge in [0.15, 0.2) is 0 Å². The van der Waals surface area contributed by atoms with Crippen molar-refractivity contribution in [2.24, 2.45) is 0 Å². The third kappa shape index (κ3) is 4.36. The summed E-state index contributed by atoms with van der Waals surface area (Å²) in [6, 6.07) is 18.6. The topological polar surface area (TPSA) is 66.0 Å². The summed E-state index contributed by atoms with van der Waals surface area (Å²) in [5.41, 5.74) is 1.64. The van der Waals surface area contributed by atoms with E-state index in [0.29, 0.717) is 23.8 Å². The molecule has 0 radical (unpaired) electrons. The highest BCUT2D eigenvalue weighted by atomic mass is 35.5. The van der Waals surface area contributed by atoms with Crippen LogP contribution in [0.2, 0.25) is 5.02 Å². The molecule has 0 aliphatic heterocycles. The molecule has 2 aromatic carbocycles. The predicted octanol–water partition coefficient (Wildman–Crippen LogP) is 4.12. The van der Waals surface area contributed by atoms with Crippen molar-refractivity contribution in [3.8, 4) is 0 Å². The van der Waals surface area contributed by atoms with Crippen molar-refractivity contribution in [3.63, 3.8) is 0 Å². The number of rotatable bonds is 5. The van der Waals surface area contributed by atoms with E-state index >= 15 is 0 Å². The molecule has 3 N–H and O–H groups in total. The fraction of sp³-hybridized carbons (Fsp3) is 0.111. The molecule has 24 heavy (non-hydrogen) atoms. The fourth-order valence-corrected chi connectivity index (χ4v) is 2.37. The molecule has 3 aromatic rings. The average molecular weight is 341 g/mol. The van der Waals surface area contributed by atoms with E-state index in [1.54, 1.807) is 24.3 Å². The van der Waals surface area contributed by atoms with Gasteiger partial charge in [0.05, 0.1) is 5.52 Å². The normalized spacial score (nSPS) is 10.4. The first-order valence-corrected chi connectivity index (χ1v) is 7.98. The Balaban J connectivity index is 1.44. The number of amides is 2. The van der Waals surface area contributed by atoms with Crippen LogP contribution in [0.25, 0.3) is 10.9 Å². The van der Waals surface area contributed by atoms with E-state index in [0.717, 1.165) is 16.7 Å². The van der Waals surface area contributed by atoms with Crippen LogP contribution < -0.4 is 16.0 Å². The van der Waals surface area contributed by atoms with Crippen molar-refractivity contribution in [2.75, 3.05) is 23.7 Å². The van der Waals surface area contributed by atoms with Crippen LogP contribution in [0.15, 0.2) is 60.7 Å². The Morgan fingerprint density at radius 2 is 1.75 bits per heavy atom. The van der Waals surface area contributed by atoms with Crippen LogP contribution in [0.4, 0.5) is 16.3 Å². The first-order valence-electron chi connectivity index (χ1n) is 7.61. The number of hydrogen-bond donors (Lipinski definition) is 3. The molecular weight excluding hydrogens is 324 g/mol. The lowest BCUT2D eigenvalue weighted by Gasteiger charge is -2.09. The molecule has 0 bridgehead atoms. The number of anilines is 2. The van der Waals surface area contributed by atoms with Gasteiger partial charge >= 0.3 is 6.03 Å². The zero-order valence-electron chi connectivity index (χ0n) is 12.9. The Morgan fingerprint density at radius 1 is 0.958 bits per heavy atom. The van der Waals surface area contributed by atoms with Crippen LogP contribution >= 0.6 is 11.6 Å². The number of nitrogens with one attached hydrogen (secondary N) is 3. The van der Waals surface area contributed by atoms with Crippen molar-refractivity contribution in [1.82, 2.24) is 10.3 Å². The van der Waals surface area contributed by atoms with Gasteiger partial charge in [-0.25, -0.2) is 9.78 Å². The van der Waals surface area contributed by atoms with E-state index in [1.165, 1.54) is 0 Å². The third-order valence-electron chi connectivity index (χ3n) is 3.42. The second-order valence-corrected chi connectivity index (χ2v) is 5.64. The first-order chi connectivity index (χ1) is 11.7. The van der Waals surface area contributed by atoms with E-state index in [2.05, 4.69) is 20.9 Å². The number of halogens is 1. The first kappa shape index (κ1) is 16.1. The van der Waals surface area contributed by atoms with Gasteiger partial charge in [-0.1, -0.05) is 29.8 Å². The molecule has 0 unspecified atom stereocenters. The zero-order chi connectivity index (χ0) is 16.8. The van der Waals surface area contributed by atoms with Crippen molar-refractivity contribution < 1.29 is 4.79 Å².